The molecule has 5 aromatic rings. The fourth-order valence-electron chi connectivity index (χ4n) is 6.07. The number of rotatable bonds is 16. The number of benzene rings is 4. The van der Waals surface area contributed by atoms with Crippen LogP contribution in [0.25, 0.3) is 28.0 Å². The van der Waals surface area contributed by atoms with E-state index >= 15 is 8.63 Å². The van der Waals surface area contributed by atoms with Crippen LogP contribution in [-0.2, 0) is 9.53 Å². The number of halogens is 2. The molecule has 4 aromatic carbocycles. The lowest BCUT2D eigenvalue weighted by molar-refractivity contribution is -0.137. The Hall–Kier alpha value is -6.50. The number of nitrogens with zero attached hydrogens (tertiary/aromatic N) is 3. The number of aliphatic carboxylic acids is 1. The molecule has 0 saturated heterocycles. The maximum Gasteiger partial charge on any atom is 0.679 e. The molecule has 13 heteroatoms. The highest BCUT2D eigenvalue weighted by Crippen LogP contribution is 2.41. The van der Waals surface area contributed by atoms with Gasteiger partial charge in [0.25, 0.3) is 0 Å². The molecule has 292 valence electrons. The van der Waals surface area contributed by atoms with E-state index in [1.165, 1.54) is 0 Å². The highest BCUT2D eigenvalue weighted by molar-refractivity contribution is 6.43. The Morgan fingerprint density at radius 2 is 1.39 bits per heavy atom. The third-order valence-electron chi connectivity index (χ3n) is 8.73. The first-order chi connectivity index (χ1) is 27.4. The molecule has 10 nitrogen and oxygen atoms in total. The van der Waals surface area contributed by atoms with Crippen LogP contribution in [0, 0.1) is 0 Å². The molecule has 0 atom stereocenters. The number of carbonyl (C=O) groups excluding carboxylic acids is 1. The monoisotopic (exact) mass is 772 g/mol. The highest BCUT2D eigenvalue weighted by Gasteiger charge is 2.30. The first kappa shape index (κ1) is 40.2. The molecule has 0 spiro atoms. The average molecular weight is 773 g/mol. The van der Waals surface area contributed by atoms with Gasteiger partial charge in [0.2, 0.25) is 0 Å². The van der Waals surface area contributed by atoms with Gasteiger partial charge >= 0.3 is 19.5 Å². The van der Waals surface area contributed by atoms with Gasteiger partial charge in [-0.3, -0.25) is 13.4 Å². The summed E-state index contributed by atoms with van der Waals surface area (Å²) in [5.74, 6) is 0.412. The van der Waals surface area contributed by atoms with Gasteiger partial charge in [0.05, 0.1) is 25.3 Å². The lowest BCUT2D eigenvalue weighted by atomic mass is 10.0. The quantitative estimate of drug-likeness (QED) is 0.0761. The van der Waals surface area contributed by atoms with Crippen LogP contribution in [0.3, 0.4) is 0 Å². The molecule has 1 aliphatic heterocycles. The predicted octanol–water partition coefficient (Wildman–Crippen LogP) is 9.75. The topological polar surface area (TPSA) is 124 Å². The van der Waals surface area contributed by atoms with Gasteiger partial charge in [0, 0.05) is 28.9 Å². The number of carboxylic acids is 1. The van der Waals surface area contributed by atoms with Crippen molar-refractivity contribution in [3.63, 3.8) is 0 Å². The summed E-state index contributed by atoms with van der Waals surface area (Å²) >= 11 is 0. The van der Waals surface area contributed by atoms with E-state index in [2.05, 4.69) is 5.32 Å². The Morgan fingerprint density at radius 1 is 0.789 bits per heavy atom. The standard InChI is InChI=1S/C44H43BF2N4O6/c1-44(2,3)57-43(54)48-25-10-11-26-55-34-22-18-33(19-23-34)39-29-37(30-12-6-4-7-13-30)42(51(39)45(46)47)50-41-36(28-38(49-41)32-14-8-5-9-15-32)31-16-20-35(21-17-31)56-27-24-40(52)53/h4-9,12-23,28-29H,10-11,24-27H2,1-3H3,(H,48,54)(H,52,53). The maximum atomic E-state index is 15.3. The third kappa shape index (κ3) is 10.8. The fourth-order valence-corrected chi connectivity index (χ4v) is 6.07. The van der Waals surface area contributed by atoms with Crippen LogP contribution in [-0.4, -0.2) is 66.0 Å². The van der Waals surface area contributed by atoms with Gasteiger partial charge in [-0.05, 0) is 98.8 Å². The summed E-state index contributed by atoms with van der Waals surface area (Å²) in [5, 5.41) is 11.7. The Balaban J connectivity index is 1.30. The number of unbranched alkanes of at least 4 members (excludes halogenated alkanes) is 1. The summed E-state index contributed by atoms with van der Waals surface area (Å²) < 4.78 is 48.4. The smallest absolute Gasteiger partial charge is 0.494 e. The largest absolute Gasteiger partial charge is 0.679 e. The minimum atomic E-state index is -2.95. The molecular weight excluding hydrogens is 729 g/mol. The normalized spacial score (nSPS) is 13.2. The van der Waals surface area contributed by atoms with E-state index in [-0.39, 0.29) is 30.4 Å². The van der Waals surface area contributed by atoms with Crippen molar-refractivity contribution in [2.75, 3.05) is 19.8 Å². The summed E-state index contributed by atoms with van der Waals surface area (Å²) in [7, 11) is -2.95. The summed E-state index contributed by atoms with van der Waals surface area (Å²) in [6.45, 7) is 6.30. The summed E-state index contributed by atoms with van der Waals surface area (Å²) in [6.07, 6.45) is 2.66. The molecule has 0 bridgehead atoms. The van der Waals surface area contributed by atoms with Crippen molar-refractivity contribution in [2.24, 2.45) is 9.98 Å². The van der Waals surface area contributed by atoms with E-state index in [0.29, 0.717) is 65.5 Å². The van der Waals surface area contributed by atoms with E-state index in [0.717, 1.165) is 15.6 Å². The van der Waals surface area contributed by atoms with Gasteiger partial charge in [0.15, 0.2) is 5.84 Å². The van der Waals surface area contributed by atoms with Crippen molar-refractivity contribution >= 4 is 42.4 Å². The molecule has 2 N–H and O–H groups in total. The molecule has 57 heavy (non-hydrogen) atoms. The van der Waals surface area contributed by atoms with Crippen LogP contribution < -0.4 is 14.8 Å². The number of amidine groups is 1. The number of amides is 1. The van der Waals surface area contributed by atoms with Crippen molar-refractivity contribution in [1.82, 2.24) is 9.79 Å². The number of hydrogen-bond donors (Lipinski definition) is 2. The molecule has 0 unspecified atom stereocenters. The lowest BCUT2D eigenvalue weighted by Crippen LogP contribution is -2.33. The van der Waals surface area contributed by atoms with Crippen LogP contribution in [0.5, 0.6) is 11.5 Å². The van der Waals surface area contributed by atoms with E-state index in [4.69, 9.17) is 29.3 Å². The molecule has 1 amide bonds. The molecule has 0 fully saturated rings. The first-order valence-corrected chi connectivity index (χ1v) is 18.6. The number of carboxylic acid groups (broad SMARTS) is 1. The van der Waals surface area contributed by atoms with E-state index in [1.54, 1.807) is 75.4 Å². The van der Waals surface area contributed by atoms with Crippen molar-refractivity contribution in [3.8, 4) is 33.9 Å². The summed E-state index contributed by atoms with van der Waals surface area (Å²) in [5.41, 5.74) is 4.26. The van der Waals surface area contributed by atoms with Crippen LogP contribution in [0.2, 0.25) is 0 Å². The zero-order valence-corrected chi connectivity index (χ0v) is 32.0. The molecule has 0 aliphatic carbocycles. The van der Waals surface area contributed by atoms with Crippen molar-refractivity contribution in [1.29, 1.82) is 0 Å². The second-order valence-electron chi connectivity index (χ2n) is 14.2. The van der Waals surface area contributed by atoms with Gasteiger partial charge in [-0.2, -0.15) is 0 Å². The maximum absolute atomic E-state index is 15.3. The molecule has 2 heterocycles. The number of aliphatic imine (C=N–C) groups is 2. The molecule has 1 aromatic heterocycles. The van der Waals surface area contributed by atoms with Gasteiger partial charge in [-0.15, -0.1) is 0 Å². The number of aromatic nitrogens is 1. The summed E-state index contributed by atoms with van der Waals surface area (Å²) in [4.78, 5) is 32.6. The minimum absolute atomic E-state index is 0.0208. The fraction of sp³-hybridized carbons (Fsp3) is 0.227. The zero-order chi connectivity index (χ0) is 40.4. The average Bonchev–Trinajstić information content (AvgIpc) is 3.79. The van der Waals surface area contributed by atoms with Crippen molar-refractivity contribution in [3.05, 3.63) is 132 Å². The van der Waals surface area contributed by atoms with E-state index in [1.807, 2.05) is 66.7 Å². The van der Waals surface area contributed by atoms with Crippen LogP contribution >= 0.6 is 0 Å². The van der Waals surface area contributed by atoms with E-state index in [9.17, 15) is 9.59 Å². The lowest BCUT2D eigenvalue weighted by Gasteiger charge is -2.19. The zero-order valence-electron chi connectivity index (χ0n) is 32.0. The second kappa shape index (κ2) is 18.4. The highest BCUT2D eigenvalue weighted by atomic mass is 19.2. The van der Waals surface area contributed by atoms with Crippen molar-refractivity contribution < 1.29 is 37.5 Å². The molecule has 0 radical (unpaired) electrons. The minimum Gasteiger partial charge on any atom is -0.494 e. The predicted molar refractivity (Wildman–Crippen MR) is 220 cm³/mol. The number of hydrogen-bond acceptors (Lipinski definition) is 6. The SMILES string of the molecule is CC(C)(C)OC(=O)NCCCCOc1ccc(-c2cc(-c3ccccc3)c(N=C3N=C(c4ccccc4)C=C3c3ccc(OCCC(=O)O)cc3)n2B(F)F)cc1. The van der Waals surface area contributed by atoms with Crippen LogP contribution in [0.4, 0.5) is 19.2 Å². The van der Waals surface area contributed by atoms with Crippen LogP contribution in [0.1, 0.15) is 51.2 Å². The van der Waals surface area contributed by atoms with Crippen LogP contribution in [0.15, 0.2) is 131 Å². The van der Waals surface area contributed by atoms with Gasteiger partial charge in [-0.25, -0.2) is 14.8 Å². The summed E-state index contributed by atoms with van der Waals surface area (Å²) in [6, 6.07) is 34.5. The molecular formula is C44H43BF2N4O6. The Morgan fingerprint density at radius 3 is 1.98 bits per heavy atom. The number of ether oxygens (including phenoxy) is 3. The number of alkyl carbamates (subject to hydrolysis) is 1. The molecule has 0 saturated carbocycles. The second-order valence-corrected chi connectivity index (χ2v) is 14.2. The number of carbonyl (C=O) groups is 2. The molecule has 6 rings (SSSR count). The Kier molecular flexibility index (Phi) is 13.0. The Bertz CT molecular complexity index is 2250. The van der Waals surface area contributed by atoms with Gasteiger partial charge in [-0.1, -0.05) is 72.8 Å². The number of allylic oxidation sites excluding steroid dienone is 1. The van der Waals surface area contributed by atoms with E-state index < -0.39 is 25.1 Å². The van der Waals surface area contributed by atoms with Gasteiger partial charge < -0.3 is 29.1 Å². The number of nitrogens with one attached hydrogen (secondary N) is 1. The Labute approximate surface area is 330 Å². The van der Waals surface area contributed by atoms with Crippen molar-refractivity contribution in [2.45, 2.75) is 45.6 Å². The molecule has 1 aliphatic rings. The third-order valence-corrected chi connectivity index (χ3v) is 8.73. The first-order valence-electron chi connectivity index (χ1n) is 18.6. The van der Waals surface area contributed by atoms with Gasteiger partial charge in [0.1, 0.15) is 22.9 Å².